The van der Waals surface area contributed by atoms with E-state index < -0.39 is 0 Å². The van der Waals surface area contributed by atoms with Gasteiger partial charge in [0.1, 0.15) is 0 Å². The van der Waals surface area contributed by atoms with Crippen molar-refractivity contribution in [3.63, 3.8) is 0 Å². The molecule has 1 atom stereocenters. The number of nitrogens with one attached hydrogen (secondary N) is 1. The molecule has 1 rings (SSSR count). The lowest BCUT2D eigenvalue weighted by atomic mass is 9.88. The Balaban J connectivity index is 2.15. The molecule has 1 saturated carbocycles. The minimum atomic E-state index is -0.0852. The number of alkyl halides is 1. The molecular formula is C13H24ClNO. The number of amides is 1. The Bertz CT molecular complexity index is 224. The van der Waals surface area contributed by atoms with Gasteiger partial charge in [-0.2, -0.15) is 0 Å². The van der Waals surface area contributed by atoms with Gasteiger partial charge in [0.25, 0.3) is 0 Å². The third kappa shape index (κ3) is 3.97. The molecule has 0 radical (unpaired) electrons. The molecule has 0 aromatic rings. The van der Waals surface area contributed by atoms with E-state index in [1.165, 1.54) is 12.8 Å². The van der Waals surface area contributed by atoms with Crippen molar-refractivity contribution in [2.45, 2.75) is 52.4 Å². The molecule has 0 bridgehead atoms. The molecule has 16 heavy (non-hydrogen) atoms. The predicted octanol–water partition coefficient (Wildman–Crippen LogP) is 3.34. The second-order valence-electron chi connectivity index (χ2n) is 5.43. The highest BCUT2D eigenvalue weighted by Crippen LogP contribution is 2.37. The summed E-state index contributed by atoms with van der Waals surface area (Å²) in [5.41, 5.74) is -0.0852. The van der Waals surface area contributed by atoms with Crippen LogP contribution in [0.1, 0.15) is 52.4 Å². The van der Waals surface area contributed by atoms with Crippen molar-refractivity contribution < 1.29 is 4.79 Å². The first-order chi connectivity index (χ1) is 7.58. The van der Waals surface area contributed by atoms with Gasteiger partial charge in [0, 0.05) is 17.8 Å². The van der Waals surface area contributed by atoms with E-state index in [1.54, 1.807) is 0 Å². The molecule has 1 unspecified atom stereocenters. The van der Waals surface area contributed by atoms with Crippen LogP contribution in [-0.2, 0) is 4.79 Å². The number of carbonyl (C=O) groups is 1. The first-order valence-corrected chi connectivity index (χ1v) is 6.96. The Labute approximate surface area is 104 Å². The van der Waals surface area contributed by atoms with Crippen LogP contribution in [0, 0.1) is 11.3 Å². The molecule has 0 heterocycles. The lowest BCUT2D eigenvalue weighted by Gasteiger charge is -2.22. The lowest BCUT2D eigenvalue weighted by Crippen LogP contribution is -2.37. The normalized spacial score (nSPS) is 20.7. The maximum Gasteiger partial charge on any atom is 0.225 e. The van der Waals surface area contributed by atoms with Crippen LogP contribution >= 0.6 is 11.6 Å². The number of halogens is 1. The summed E-state index contributed by atoms with van der Waals surface area (Å²) < 4.78 is 0. The topological polar surface area (TPSA) is 29.1 Å². The summed E-state index contributed by atoms with van der Waals surface area (Å²) in [6.07, 6.45) is 6.64. The highest BCUT2D eigenvalue weighted by Gasteiger charge is 2.35. The molecular weight excluding hydrogens is 222 g/mol. The zero-order valence-electron chi connectivity index (χ0n) is 10.5. The van der Waals surface area contributed by atoms with Crippen LogP contribution in [0.25, 0.3) is 0 Å². The maximum absolute atomic E-state index is 11.9. The predicted molar refractivity (Wildman–Crippen MR) is 68.7 cm³/mol. The fraction of sp³-hybridized carbons (Fsp3) is 0.923. The molecule has 1 amide bonds. The smallest absolute Gasteiger partial charge is 0.225 e. The average Bonchev–Trinajstić information content (AvgIpc) is 2.72. The zero-order valence-corrected chi connectivity index (χ0v) is 11.3. The zero-order chi connectivity index (χ0) is 12.0. The van der Waals surface area contributed by atoms with Crippen LogP contribution in [0.5, 0.6) is 0 Å². The molecule has 1 N–H and O–H groups in total. The third-order valence-corrected chi connectivity index (χ3v) is 4.20. The lowest BCUT2D eigenvalue weighted by molar-refractivity contribution is -0.129. The summed E-state index contributed by atoms with van der Waals surface area (Å²) in [5, 5.41) is 3.06. The first kappa shape index (κ1) is 13.8. The summed E-state index contributed by atoms with van der Waals surface area (Å²) in [6.45, 7) is 5.04. The SMILES string of the molecule is CC(CCl)CCCNC(=O)C1(C)CCCC1. The van der Waals surface area contributed by atoms with Gasteiger partial charge in [-0.25, -0.2) is 0 Å². The minimum absolute atomic E-state index is 0.0852. The van der Waals surface area contributed by atoms with Gasteiger partial charge in [0.05, 0.1) is 0 Å². The summed E-state index contributed by atoms with van der Waals surface area (Å²) in [5.74, 6) is 1.52. The van der Waals surface area contributed by atoms with Gasteiger partial charge in [-0.3, -0.25) is 4.79 Å². The molecule has 3 heteroatoms. The van der Waals surface area contributed by atoms with Gasteiger partial charge in [-0.05, 0) is 31.6 Å². The van der Waals surface area contributed by atoms with Crippen molar-refractivity contribution in [1.82, 2.24) is 5.32 Å². The largest absolute Gasteiger partial charge is 0.356 e. The van der Waals surface area contributed by atoms with Gasteiger partial charge in [0.15, 0.2) is 0 Å². The van der Waals surface area contributed by atoms with E-state index in [0.29, 0.717) is 11.8 Å². The standard InChI is InChI=1S/C13H24ClNO/c1-11(10-14)6-5-9-15-12(16)13(2)7-3-4-8-13/h11H,3-10H2,1-2H3,(H,15,16). The Morgan fingerprint density at radius 1 is 1.44 bits per heavy atom. The van der Waals surface area contributed by atoms with Crippen molar-refractivity contribution in [3.8, 4) is 0 Å². The highest BCUT2D eigenvalue weighted by molar-refractivity contribution is 6.18. The van der Waals surface area contributed by atoms with E-state index in [-0.39, 0.29) is 11.3 Å². The molecule has 1 fully saturated rings. The molecule has 1 aliphatic carbocycles. The Morgan fingerprint density at radius 3 is 2.62 bits per heavy atom. The number of hydrogen-bond acceptors (Lipinski definition) is 1. The van der Waals surface area contributed by atoms with Crippen molar-refractivity contribution in [2.24, 2.45) is 11.3 Å². The number of carbonyl (C=O) groups excluding carboxylic acids is 1. The van der Waals surface area contributed by atoms with Gasteiger partial charge in [-0.15, -0.1) is 11.6 Å². The molecule has 1 aliphatic rings. The number of hydrogen-bond donors (Lipinski definition) is 1. The quantitative estimate of drug-likeness (QED) is 0.565. The van der Waals surface area contributed by atoms with Crippen LogP contribution in [0.15, 0.2) is 0 Å². The fourth-order valence-electron chi connectivity index (χ4n) is 2.33. The summed E-state index contributed by atoms with van der Waals surface area (Å²) in [7, 11) is 0. The van der Waals surface area contributed by atoms with Gasteiger partial charge >= 0.3 is 0 Å². The molecule has 0 aliphatic heterocycles. The first-order valence-electron chi connectivity index (χ1n) is 6.43. The molecule has 0 spiro atoms. The summed E-state index contributed by atoms with van der Waals surface area (Å²) >= 11 is 5.73. The Morgan fingerprint density at radius 2 is 2.06 bits per heavy atom. The number of rotatable bonds is 6. The van der Waals surface area contributed by atoms with Crippen LogP contribution < -0.4 is 5.32 Å². The average molecular weight is 246 g/mol. The van der Waals surface area contributed by atoms with Crippen molar-refractivity contribution >= 4 is 17.5 Å². The second-order valence-corrected chi connectivity index (χ2v) is 5.73. The van der Waals surface area contributed by atoms with E-state index in [0.717, 1.165) is 32.2 Å². The van der Waals surface area contributed by atoms with Crippen molar-refractivity contribution in [3.05, 3.63) is 0 Å². The van der Waals surface area contributed by atoms with Crippen LogP contribution in [-0.4, -0.2) is 18.3 Å². The fourth-order valence-corrected chi connectivity index (χ4v) is 2.48. The molecule has 94 valence electrons. The second kappa shape index (κ2) is 6.48. The molecule has 2 nitrogen and oxygen atoms in total. The van der Waals surface area contributed by atoms with E-state index in [4.69, 9.17) is 11.6 Å². The molecule has 0 aromatic heterocycles. The molecule has 0 saturated heterocycles. The highest BCUT2D eigenvalue weighted by atomic mass is 35.5. The van der Waals surface area contributed by atoms with Crippen LogP contribution in [0.3, 0.4) is 0 Å². The van der Waals surface area contributed by atoms with Gasteiger partial charge < -0.3 is 5.32 Å². The third-order valence-electron chi connectivity index (χ3n) is 3.68. The van der Waals surface area contributed by atoms with Crippen molar-refractivity contribution in [2.75, 3.05) is 12.4 Å². The van der Waals surface area contributed by atoms with E-state index in [2.05, 4.69) is 19.2 Å². The van der Waals surface area contributed by atoms with Crippen LogP contribution in [0.2, 0.25) is 0 Å². The van der Waals surface area contributed by atoms with Crippen LogP contribution in [0.4, 0.5) is 0 Å². The minimum Gasteiger partial charge on any atom is -0.356 e. The summed E-state index contributed by atoms with van der Waals surface area (Å²) in [4.78, 5) is 11.9. The van der Waals surface area contributed by atoms with E-state index in [1.807, 2.05) is 0 Å². The van der Waals surface area contributed by atoms with Crippen molar-refractivity contribution in [1.29, 1.82) is 0 Å². The Hall–Kier alpha value is -0.240. The molecule has 0 aromatic carbocycles. The van der Waals surface area contributed by atoms with Gasteiger partial charge in [0.2, 0.25) is 5.91 Å². The van der Waals surface area contributed by atoms with E-state index in [9.17, 15) is 4.79 Å². The Kier molecular flexibility index (Phi) is 5.60. The summed E-state index contributed by atoms with van der Waals surface area (Å²) in [6, 6.07) is 0. The van der Waals surface area contributed by atoms with E-state index >= 15 is 0 Å². The van der Waals surface area contributed by atoms with Gasteiger partial charge in [-0.1, -0.05) is 26.7 Å². The maximum atomic E-state index is 11.9. The monoisotopic (exact) mass is 245 g/mol.